The number of amides is 2. The van der Waals surface area contributed by atoms with Crippen LogP contribution in [-0.2, 0) is 26.2 Å². The molecular formula is C24H33N3O6S. The molecule has 0 saturated heterocycles. The normalized spacial score (nSPS) is 11.9. The Morgan fingerprint density at radius 2 is 1.74 bits per heavy atom. The number of methoxy groups -OCH3 is 1. The lowest BCUT2D eigenvalue weighted by atomic mass is 10.1. The highest BCUT2D eigenvalue weighted by atomic mass is 32.2. The Bertz CT molecular complexity index is 1070. The van der Waals surface area contributed by atoms with Gasteiger partial charge in [0.25, 0.3) is 0 Å². The summed E-state index contributed by atoms with van der Waals surface area (Å²) < 4.78 is 36.8. The summed E-state index contributed by atoms with van der Waals surface area (Å²) in [6.45, 7) is 5.79. The van der Waals surface area contributed by atoms with Crippen LogP contribution in [0.2, 0.25) is 0 Å². The number of nitrogens with zero attached hydrogens (tertiary/aromatic N) is 2. The first-order valence-electron chi connectivity index (χ1n) is 11.0. The predicted octanol–water partition coefficient (Wildman–Crippen LogP) is 2.41. The number of sulfonamides is 1. The summed E-state index contributed by atoms with van der Waals surface area (Å²) in [5.41, 5.74) is 1.07. The van der Waals surface area contributed by atoms with Crippen LogP contribution in [0.1, 0.15) is 26.3 Å². The molecule has 2 amide bonds. The fourth-order valence-electron chi connectivity index (χ4n) is 3.36. The number of benzene rings is 2. The Hall–Kier alpha value is -3.27. The van der Waals surface area contributed by atoms with E-state index in [4.69, 9.17) is 9.47 Å². The zero-order valence-electron chi connectivity index (χ0n) is 20.3. The lowest BCUT2D eigenvalue weighted by molar-refractivity contribution is -0.139. The van der Waals surface area contributed by atoms with E-state index >= 15 is 0 Å². The highest BCUT2D eigenvalue weighted by Crippen LogP contribution is 2.23. The number of anilines is 1. The maximum absolute atomic E-state index is 13.4. The quantitative estimate of drug-likeness (QED) is 0.489. The molecule has 0 aliphatic heterocycles. The fourth-order valence-corrected chi connectivity index (χ4v) is 4.21. The van der Waals surface area contributed by atoms with Crippen LogP contribution in [0.4, 0.5) is 5.69 Å². The van der Waals surface area contributed by atoms with Crippen LogP contribution in [0.25, 0.3) is 0 Å². The first kappa shape index (κ1) is 27.0. The summed E-state index contributed by atoms with van der Waals surface area (Å²) in [6.07, 6.45) is 1.04. The van der Waals surface area contributed by atoms with Crippen LogP contribution in [0.3, 0.4) is 0 Å². The molecular weight excluding hydrogens is 458 g/mol. The van der Waals surface area contributed by atoms with Crippen molar-refractivity contribution in [2.24, 2.45) is 0 Å². The van der Waals surface area contributed by atoms with Crippen molar-refractivity contribution in [1.29, 1.82) is 0 Å². The molecule has 0 aliphatic rings. The molecule has 0 saturated carbocycles. The lowest BCUT2D eigenvalue weighted by Gasteiger charge is -2.31. The number of ether oxygens (including phenoxy) is 2. The summed E-state index contributed by atoms with van der Waals surface area (Å²) in [7, 11) is -2.25. The van der Waals surface area contributed by atoms with Crippen LogP contribution in [0, 0.1) is 0 Å². The molecule has 0 fully saturated rings. The van der Waals surface area contributed by atoms with E-state index in [1.165, 1.54) is 4.90 Å². The topological polar surface area (TPSA) is 105 Å². The number of likely N-dealkylation sites (N-methyl/N-ethyl adjacent to an activating group) is 1. The SMILES string of the molecule is CCNC(=O)C(C)N(Cc1cccc(OC)c1)C(=O)CN(c1ccc(OCC)cc1)S(C)(=O)=O. The first-order chi connectivity index (χ1) is 16.1. The summed E-state index contributed by atoms with van der Waals surface area (Å²) in [6, 6.07) is 12.8. The number of hydrogen-bond acceptors (Lipinski definition) is 6. The Kier molecular flexibility index (Phi) is 9.73. The van der Waals surface area contributed by atoms with Crippen molar-refractivity contribution in [1.82, 2.24) is 10.2 Å². The highest BCUT2D eigenvalue weighted by molar-refractivity contribution is 7.92. The fraction of sp³-hybridized carbons (Fsp3) is 0.417. The molecule has 34 heavy (non-hydrogen) atoms. The molecule has 2 rings (SSSR count). The number of hydrogen-bond donors (Lipinski definition) is 1. The van der Waals surface area contributed by atoms with Gasteiger partial charge < -0.3 is 19.7 Å². The molecule has 2 aromatic rings. The van der Waals surface area contributed by atoms with Crippen LogP contribution in [0.15, 0.2) is 48.5 Å². The molecule has 0 radical (unpaired) electrons. The largest absolute Gasteiger partial charge is 0.497 e. The molecule has 10 heteroatoms. The Morgan fingerprint density at radius 3 is 2.29 bits per heavy atom. The molecule has 0 aliphatic carbocycles. The maximum Gasteiger partial charge on any atom is 0.244 e. The minimum absolute atomic E-state index is 0.106. The van der Waals surface area contributed by atoms with Gasteiger partial charge in [0, 0.05) is 13.1 Å². The summed E-state index contributed by atoms with van der Waals surface area (Å²) in [5.74, 6) is 0.366. The number of carbonyl (C=O) groups is 2. The zero-order valence-corrected chi connectivity index (χ0v) is 21.1. The van der Waals surface area contributed by atoms with E-state index in [1.807, 2.05) is 13.0 Å². The molecule has 1 atom stereocenters. The summed E-state index contributed by atoms with van der Waals surface area (Å²) in [4.78, 5) is 27.4. The van der Waals surface area contributed by atoms with Crippen LogP contribution in [-0.4, -0.2) is 64.2 Å². The van der Waals surface area contributed by atoms with Gasteiger partial charge in [-0.05, 0) is 62.7 Å². The second-order valence-corrected chi connectivity index (χ2v) is 9.55. The lowest BCUT2D eigenvalue weighted by Crippen LogP contribution is -2.51. The number of carbonyl (C=O) groups excluding carboxylic acids is 2. The van der Waals surface area contributed by atoms with Crippen molar-refractivity contribution in [2.75, 3.05) is 37.4 Å². The van der Waals surface area contributed by atoms with Gasteiger partial charge in [-0.25, -0.2) is 8.42 Å². The third-order valence-corrected chi connectivity index (χ3v) is 6.26. The molecule has 0 bridgehead atoms. The van der Waals surface area contributed by atoms with E-state index in [0.717, 1.165) is 16.1 Å². The van der Waals surface area contributed by atoms with Gasteiger partial charge in [-0.15, -0.1) is 0 Å². The minimum Gasteiger partial charge on any atom is -0.497 e. The molecule has 186 valence electrons. The van der Waals surface area contributed by atoms with Gasteiger partial charge >= 0.3 is 0 Å². The second-order valence-electron chi connectivity index (χ2n) is 7.64. The van der Waals surface area contributed by atoms with Crippen molar-refractivity contribution >= 4 is 27.5 Å². The smallest absolute Gasteiger partial charge is 0.244 e. The Balaban J connectivity index is 2.37. The second kappa shape index (κ2) is 12.3. The number of nitrogens with one attached hydrogen (secondary N) is 1. The molecule has 1 unspecified atom stereocenters. The van der Waals surface area contributed by atoms with Crippen LogP contribution >= 0.6 is 0 Å². The molecule has 0 aromatic heterocycles. The van der Waals surface area contributed by atoms with Crippen molar-refractivity contribution < 1.29 is 27.5 Å². The Labute approximate surface area is 201 Å². The van der Waals surface area contributed by atoms with E-state index in [-0.39, 0.29) is 12.5 Å². The van der Waals surface area contributed by atoms with Crippen molar-refractivity contribution in [3.63, 3.8) is 0 Å². The highest BCUT2D eigenvalue weighted by Gasteiger charge is 2.30. The maximum atomic E-state index is 13.4. The van der Waals surface area contributed by atoms with Crippen molar-refractivity contribution in [3.05, 3.63) is 54.1 Å². The van der Waals surface area contributed by atoms with Gasteiger partial charge in [0.05, 0.1) is 25.7 Å². The van der Waals surface area contributed by atoms with Gasteiger partial charge in [0.1, 0.15) is 24.1 Å². The van der Waals surface area contributed by atoms with Gasteiger partial charge in [-0.3, -0.25) is 13.9 Å². The molecule has 0 spiro atoms. The van der Waals surface area contributed by atoms with E-state index in [0.29, 0.717) is 30.3 Å². The van der Waals surface area contributed by atoms with Gasteiger partial charge in [0.15, 0.2) is 0 Å². The minimum atomic E-state index is -3.79. The first-order valence-corrected chi connectivity index (χ1v) is 12.9. The molecule has 9 nitrogen and oxygen atoms in total. The van der Waals surface area contributed by atoms with Crippen molar-refractivity contribution in [3.8, 4) is 11.5 Å². The third-order valence-electron chi connectivity index (χ3n) is 5.12. The molecule has 2 aromatic carbocycles. The summed E-state index contributed by atoms with van der Waals surface area (Å²) in [5, 5.41) is 2.72. The Morgan fingerprint density at radius 1 is 1.06 bits per heavy atom. The predicted molar refractivity (Wildman–Crippen MR) is 131 cm³/mol. The number of rotatable bonds is 12. The monoisotopic (exact) mass is 491 g/mol. The van der Waals surface area contributed by atoms with Crippen LogP contribution in [0.5, 0.6) is 11.5 Å². The summed E-state index contributed by atoms with van der Waals surface area (Å²) >= 11 is 0. The van der Waals surface area contributed by atoms with E-state index in [1.54, 1.807) is 63.4 Å². The molecule has 1 N–H and O–H groups in total. The van der Waals surface area contributed by atoms with E-state index in [2.05, 4.69) is 5.32 Å². The van der Waals surface area contributed by atoms with Crippen LogP contribution < -0.4 is 19.1 Å². The standard InChI is InChI=1S/C24H33N3O6S/c1-6-25-24(29)18(3)26(16-19-9-8-10-22(15-19)32-4)23(28)17-27(34(5,30)31)20-11-13-21(14-12-20)33-7-2/h8-15,18H,6-7,16-17H2,1-5H3,(H,25,29). The third kappa shape index (κ3) is 7.38. The zero-order chi connectivity index (χ0) is 25.3. The van der Waals surface area contributed by atoms with Crippen molar-refractivity contribution in [2.45, 2.75) is 33.4 Å². The van der Waals surface area contributed by atoms with Gasteiger partial charge in [0.2, 0.25) is 21.8 Å². The van der Waals surface area contributed by atoms with E-state index < -0.39 is 28.5 Å². The van der Waals surface area contributed by atoms with Gasteiger partial charge in [-0.1, -0.05) is 12.1 Å². The van der Waals surface area contributed by atoms with E-state index in [9.17, 15) is 18.0 Å². The molecule has 0 heterocycles. The average molecular weight is 492 g/mol. The van der Waals surface area contributed by atoms with Gasteiger partial charge in [-0.2, -0.15) is 0 Å². The average Bonchev–Trinajstić information content (AvgIpc) is 2.81.